The fraction of sp³-hybridized carbons (Fsp3) is 0.692. The highest BCUT2D eigenvalue weighted by atomic mass is 32.1. The van der Waals surface area contributed by atoms with Crippen molar-refractivity contribution in [2.75, 3.05) is 31.1 Å². The minimum absolute atomic E-state index is 0.0253. The second-order valence-corrected chi connectivity index (χ2v) is 6.12. The molecule has 0 spiro atoms. The second-order valence-electron chi connectivity index (χ2n) is 5.28. The Morgan fingerprint density at radius 3 is 2.89 bits per heavy atom. The minimum Gasteiger partial charge on any atom is -0.464 e. The van der Waals surface area contributed by atoms with Crippen molar-refractivity contribution in [1.82, 2.24) is 9.88 Å². The Kier molecular flexibility index (Phi) is 3.45. The SMILES string of the molecule is Cc1csc(N2CCN([C@@H]3CCOC3=O)C[C@H]2C)n1. The first kappa shape index (κ1) is 12.9. The predicted octanol–water partition coefficient (Wildman–Crippen LogP) is 1.28. The quantitative estimate of drug-likeness (QED) is 0.764. The first-order valence-electron chi connectivity index (χ1n) is 6.74. The number of piperazine rings is 1. The van der Waals surface area contributed by atoms with Gasteiger partial charge in [-0.15, -0.1) is 11.3 Å². The summed E-state index contributed by atoms with van der Waals surface area (Å²) in [7, 11) is 0. The smallest absolute Gasteiger partial charge is 0.323 e. The molecule has 0 aliphatic carbocycles. The first-order chi connectivity index (χ1) is 9.15. The molecule has 0 saturated carbocycles. The van der Waals surface area contributed by atoms with Crippen LogP contribution in [-0.4, -0.2) is 54.2 Å². The Hall–Kier alpha value is -1.14. The van der Waals surface area contributed by atoms with Crippen LogP contribution in [0.5, 0.6) is 0 Å². The molecule has 104 valence electrons. The van der Waals surface area contributed by atoms with Gasteiger partial charge in [0.15, 0.2) is 5.13 Å². The van der Waals surface area contributed by atoms with Crippen molar-refractivity contribution in [3.8, 4) is 0 Å². The largest absolute Gasteiger partial charge is 0.464 e. The zero-order chi connectivity index (χ0) is 13.4. The Bertz CT molecular complexity index is 476. The standard InChI is InChI=1S/C13H19N3O2S/c1-9-8-19-13(14-9)16-5-4-15(7-10(16)2)11-3-6-18-12(11)17/h8,10-11H,3-7H2,1-2H3/t10-,11-/m1/s1. The highest BCUT2D eigenvalue weighted by Gasteiger charge is 2.36. The topological polar surface area (TPSA) is 45.7 Å². The molecule has 0 bridgehead atoms. The minimum atomic E-state index is -0.0502. The van der Waals surface area contributed by atoms with Gasteiger partial charge in [-0.3, -0.25) is 9.69 Å². The van der Waals surface area contributed by atoms with E-state index in [-0.39, 0.29) is 12.0 Å². The molecular weight excluding hydrogens is 262 g/mol. The van der Waals surface area contributed by atoms with E-state index in [0.717, 1.165) is 36.9 Å². The number of carbonyl (C=O) groups excluding carboxylic acids is 1. The molecule has 3 rings (SSSR count). The van der Waals surface area contributed by atoms with E-state index in [1.807, 2.05) is 6.92 Å². The fourth-order valence-corrected chi connectivity index (χ4v) is 3.78. The van der Waals surface area contributed by atoms with Crippen LogP contribution in [0.2, 0.25) is 0 Å². The van der Waals surface area contributed by atoms with Gasteiger partial charge in [-0.2, -0.15) is 0 Å². The molecule has 1 aromatic heterocycles. The van der Waals surface area contributed by atoms with E-state index in [1.54, 1.807) is 11.3 Å². The van der Waals surface area contributed by atoms with E-state index in [1.165, 1.54) is 0 Å². The third-order valence-electron chi connectivity index (χ3n) is 3.86. The number of cyclic esters (lactones) is 1. The molecule has 2 saturated heterocycles. The molecule has 2 atom stereocenters. The van der Waals surface area contributed by atoms with E-state index >= 15 is 0 Å². The van der Waals surface area contributed by atoms with Crippen LogP contribution in [0.15, 0.2) is 5.38 Å². The summed E-state index contributed by atoms with van der Waals surface area (Å²) in [6.45, 7) is 7.53. The summed E-state index contributed by atoms with van der Waals surface area (Å²) < 4.78 is 5.06. The Morgan fingerprint density at radius 2 is 2.32 bits per heavy atom. The Labute approximate surface area is 117 Å². The van der Waals surface area contributed by atoms with Gasteiger partial charge >= 0.3 is 5.97 Å². The van der Waals surface area contributed by atoms with E-state index in [2.05, 4.69) is 27.1 Å². The molecule has 5 nitrogen and oxygen atoms in total. The van der Waals surface area contributed by atoms with Gasteiger partial charge in [0.2, 0.25) is 0 Å². The summed E-state index contributed by atoms with van der Waals surface area (Å²) in [6, 6.07) is 0.357. The molecule has 2 aliphatic rings. The number of anilines is 1. The number of aryl methyl sites for hydroxylation is 1. The molecule has 2 aliphatic heterocycles. The van der Waals surface area contributed by atoms with Crippen LogP contribution in [0, 0.1) is 6.92 Å². The van der Waals surface area contributed by atoms with Crippen molar-refractivity contribution < 1.29 is 9.53 Å². The van der Waals surface area contributed by atoms with Gasteiger partial charge in [0, 0.05) is 37.5 Å². The van der Waals surface area contributed by atoms with Crippen LogP contribution < -0.4 is 4.90 Å². The maximum absolute atomic E-state index is 11.6. The number of nitrogens with zero attached hydrogens (tertiary/aromatic N) is 3. The zero-order valence-corrected chi connectivity index (χ0v) is 12.2. The average Bonchev–Trinajstić information content (AvgIpc) is 2.98. The molecule has 1 aromatic rings. The molecular formula is C13H19N3O2S. The van der Waals surface area contributed by atoms with Crippen molar-refractivity contribution in [1.29, 1.82) is 0 Å². The molecule has 19 heavy (non-hydrogen) atoms. The van der Waals surface area contributed by atoms with Crippen LogP contribution in [0.4, 0.5) is 5.13 Å². The van der Waals surface area contributed by atoms with Crippen LogP contribution in [0.25, 0.3) is 0 Å². The molecule has 2 fully saturated rings. The normalized spacial score (nSPS) is 28.7. The lowest BCUT2D eigenvalue weighted by molar-refractivity contribution is -0.142. The molecule has 0 unspecified atom stereocenters. The third-order valence-corrected chi connectivity index (χ3v) is 4.86. The molecule has 0 aromatic carbocycles. The van der Waals surface area contributed by atoms with Crippen molar-refractivity contribution in [2.24, 2.45) is 0 Å². The van der Waals surface area contributed by atoms with Gasteiger partial charge in [0.25, 0.3) is 0 Å². The molecule has 0 N–H and O–H groups in total. The maximum Gasteiger partial charge on any atom is 0.323 e. The highest BCUT2D eigenvalue weighted by Crippen LogP contribution is 2.26. The van der Waals surface area contributed by atoms with E-state index in [0.29, 0.717) is 12.6 Å². The van der Waals surface area contributed by atoms with Gasteiger partial charge in [-0.1, -0.05) is 0 Å². The molecule has 0 amide bonds. The van der Waals surface area contributed by atoms with Crippen molar-refractivity contribution >= 4 is 22.4 Å². The Balaban J connectivity index is 1.67. The summed E-state index contributed by atoms with van der Waals surface area (Å²) in [5, 5.41) is 3.18. The van der Waals surface area contributed by atoms with Gasteiger partial charge in [0.05, 0.1) is 12.3 Å². The van der Waals surface area contributed by atoms with Crippen molar-refractivity contribution in [2.45, 2.75) is 32.4 Å². The lowest BCUT2D eigenvalue weighted by atomic mass is 10.1. The number of ether oxygens (including phenoxy) is 1. The number of thiazole rings is 1. The summed E-state index contributed by atoms with van der Waals surface area (Å²) in [5.74, 6) is -0.0502. The summed E-state index contributed by atoms with van der Waals surface area (Å²) >= 11 is 1.70. The fourth-order valence-electron chi connectivity index (χ4n) is 2.84. The van der Waals surface area contributed by atoms with Gasteiger partial charge < -0.3 is 9.64 Å². The van der Waals surface area contributed by atoms with Crippen molar-refractivity contribution in [3.63, 3.8) is 0 Å². The average molecular weight is 281 g/mol. The Morgan fingerprint density at radius 1 is 1.47 bits per heavy atom. The number of aromatic nitrogens is 1. The predicted molar refractivity (Wildman–Crippen MR) is 74.6 cm³/mol. The molecule has 0 radical (unpaired) electrons. The summed E-state index contributed by atoms with van der Waals surface area (Å²) in [6.07, 6.45) is 0.835. The number of rotatable bonds is 2. The zero-order valence-electron chi connectivity index (χ0n) is 11.3. The number of hydrogen-bond acceptors (Lipinski definition) is 6. The molecule has 3 heterocycles. The number of carbonyl (C=O) groups is 1. The van der Waals surface area contributed by atoms with Gasteiger partial charge in [-0.25, -0.2) is 4.98 Å². The third kappa shape index (κ3) is 2.47. The number of hydrogen-bond donors (Lipinski definition) is 0. The lowest BCUT2D eigenvalue weighted by Gasteiger charge is -2.41. The van der Waals surface area contributed by atoms with Crippen LogP contribution in [-0.2, 0) is 9.53 Å². The van der Waals surface area contributed by atoms with Crippen LogP contribution in [0.1, 0.15) is 19.0 Å². The van der Waals surface area contributed by atoms with Crippen molar-refractivity contribution in [3.05, 3.63) is 11.1 Å². The van der Waals surface area contributed by atoms with Crippen LogP contribution >= 0.6 is 11.3 Å². The maximum atomic E-state index is 11.6. The molecule has 6 heteroatoms. The van der Waals surface area contributed by atoms with E-state index in [4.69, 9.17) is 4.74 Å². The second kappa shape index (κ2) is 5.09. The number of esters is 1. The van der Waals surface area contributed by atoms with Crippen LogP contribution in [0.3, 0.4) is 0 Å². The summed E-state index contributed by atoms with van der Waals surface area (Å²) in [5.41, 5.74) is 1.08. The summed E-state index contributed by atoms with van der Waals surface area (Å²) in [4.78, 5) is 20.8. The lowest BCUT2D eigenvalue weighted by Crippen LogP contribution is -2.56. The monoisotopic (exact) mass is 281 g/mol. The van der Waals surface area contributed by atoms with Gasteiger partial charge in [-0.05, 0) is 13.8 Å². The van der Waals surface area contributed by atoms with E-state index in [9.17, 15) is 4.79 Å². The van der Waals surface area contributed by atoms with E-state index < -0.39 is 0 Å². The highest BCUT2D eigenvalue weighted by molar-refractivity contribution is 7.13. The van der Waals surface area contributed by atoms with Gasteiger partial charge in [0.1, 0.15) is 6.04 Å². The first-order valence-corrected chi connectivity index (χ1v) is 7.62.